The van der Waals surface area contributed by atoms with Crippen LogP contribution in [0.3, 0.4) is 0 Å². The molecule has 4 aromatic rings. The first-order valence-corrected chi connectivity index (χ1v) is 9.74. The SMILES string of the molecule is CN(Cc1nc2ccccc2c(=O)[nH]1)C(=O)c1ccccc1-c1ccc(C(F)(F)F)cc1. The first kappa shape index (κ1) is 21.3. The number of hydrogen-bond acceptors (Lipinski definition) is 3. The maximum absolute atomic E-state index is 13.1. The average Bonchev–Trinajstić information content (AvgIpc) is 2.78. The topological polar surface area (TPSA) is 66.1 Å². The normalized spacial score (nSPS) is 11.5. The summed E-state index contributed by atoms with van der Waals surface area (Å²) in [6.07, 6.45) is -4.43. The van der Waals surface area contributed by atoms with Crippen molar-refractivity contribution in [2.45, 2.75) is 12.7 Å². The van der Waals surface area contributed by atoms with Gasteiger partial charge in [-0.2, -0.15) is 13.2 Å². The summed E-state index contributed by atoms with van der Waals surface area (Å²) in [5.41, 5.74) is 0.811. The number of carbonyl (C=O) groups is 1. The number of amides is 1. The molecular weight excluding hydrogens is 419 g/mol. The molecule has 0 unspecified atom stereocenters. The largest absolute Gasteiger partial charge is 0.416 e. The lowest BCUT2D eigenvalue weighted by Crippen LogP contribution is -2.28. The number of halogens is 3. The fourth-order valence-corrected chi connectivity index (χ4v) is 3.47. The highest BCUT2D eigenvalue weighted by molar-refractivity contribution is 6.00. The second kappa shape index (κ2) is 8.30. The molecule has 1 heterocycles. The second-order valence-electron chi connectivity index (χ2n) is 7.31. The van der Waals surface area contributed by atoms with E-state index in [4.69, 9.17) is 0 Å². The van der Waals surface area contributed by atoms with E-state index >= 15 is 0 Å². The van der Waals surface area contributed by atoms with Crippen LogP contribution in [0, 0.1) is 0 Å². The van der Waals surface area contributed by atoms with Crippen LogP contribution in [0.5, 0.6) is 0 Å². The van der Waals surface area contributed by atoms with E-state index in [1.165, 1.54) is 17.0 Å². The van der Waals surface area contributed by atoms with Crippen molar-refractivity contribution in [2.75, 3.05) is 7.05 Å². The van der Waals surface area contributed by atoms with Crippen molar-refractivity contribution in [3.63, 3.8) is 0 Å². The standard InChI is InChI=1S/C24H18F3N3O2/c1-30(14-21-28-20-9-5-4-8-19(20)22(31)29-21)23(32)18-7-3-2-6-17(18)15-10-12-16(13-11-15)24(25,26)27/h2-13H,14H2,1H3,(H,28,29,31). The molecule has 32 heavy (non-hydrogen) atoms. The van der Waals surface area contributed by atoms with Gasteiger partial charge in [0, 0.05) is 12.6 Å². The lowest BCUT2D eigenvalue weighted by Gasteiger charge is -2.19. The van der Waals surface area contributed by atoms with Gasteiger partial charge in [0.2, 0.25) is 0 Å². The molecule has 0 spiro atoms. The molecule has 0 saturated carbocycles. The summed E-state index contributed by atoms with van der Waals surface area (Å²) in [7, 11) is 1.57. The fourth-order valence-electron chi connectivity index (χ4n) is 3.47. The van der Waals surface area contributed by atoms with Crippen LogP contribution in [-0.4, -0.2) is 27.8 Å². The summed E-state index contributed by atoms with van der Waals surface area (Å²) in [6, 6.07) is 18.3. The third-order valence-electron chi connectivity index (χ3n) is 5.08. The molecule has 0 radical (unpaired) electrons. The zero-order valence-electron chi connectivity index (χ0n) is 17.0. The Kier molecular flexibility index (Phi) is 5.52. The molecular formula is C24H18F3N3O2. The Balaban J connectivity index is 1.62. The van der Waals surface area contributed by atoms with Gasteiger partial charge in [0.25, 0.3) is 11.5 Å². The molecule has 1 aromatic heterocycles. The van der Waals surface area contributed by atoms with Gasteiger partial charge in [-0.05, 0) is 41.5 Å². The summed E-state index contributed by atoms with van der Waals surface area (Å²) in [5, 5.41) is 0.456. The van der Waals surface area contributed by atoms with E-state index in [0.717, 1.165) is 12.1 Å². The van der Waals surface area contributed by atoms with E-state index < -0.39 is 11.7 Å². The van der Waals surface area contributed by atoms with Crippen molar-refractivity contribution >= 4 is 16.8 Å². The van der Waals surface area contributed by atoms with Gasteiger partial charge in [-0.15, -0.1) is 0 Å². The van der Waals surface area contributed by atoms with Crippen LogP contribution in [0.15, 0.2) is 77.6 Å². The number of nitrogens with one attached hydrogen (secondary N) is 1. The van der Waals surface area contributed by atoms with Crippen molar-refractivity contribution in [3.05, 3.63) is 100 Å². The molecule has 0 aliphatic heterocycles. The van der Waals surface area contributed by atoms with Crippen LogP contribution in [0.1, 0.15) is 21.7 Å². The van der Waals surface area contributed by atoms with Crippen LogP contribution >= 0.6 is 0 Å². The van der Waals surface area contributed by atoms with E-state index in [1.54, 1.807) is 55.6 Å². The van der Waals surface area contributed by atoms with Gasteiger partial charge in [0.15, 0.2) is 0 Å². The lowest BCUT2D eigenvalue weighted by molar-refractivity contribution is -0.137. The van der Waals surface area contributed by atoms with Gasteiger partial charge in [0.05, 0.1) is 23.0 Å². The summed E-state index contributed by atoms with van der Waals surface area (Å²) in [5.74, 6) is -0.0205. The highest BCUT2D eigenvalue weighted by Gasteiger charge is 2.30. The zero-order chi connectivity index (χ0) is 22.9. The first-order chi connectivity index (χ1) is 15.2. The molecule has 0 aliphatic carbocycles. The van der Waals surface area contributed by atoms with E-state index in [9.17, 15) is 22.8 Å². The predicted octanol–water partition coefficient (Wildman–Crippen LogP) is 4.88. The summed E-state index contributed by atoms with van der Waals surface area (Å²) >= 11 is 0. The van der Waals surface area contributed by atoms with Gasteiger partial charge in [-0.25, -0.2) is 4.98 Å². The van der Waals surface area contributed by atoms with Gasteiger partial charge in [-0.3, -0.25) is 9.59 Å². The Hall–Kier alpha value is -3.94. The van der Waals surface area contributed by atoms with Gasteiger partial charge >= 0.3 is 6.18 Å². The molecule has 5 nitrogen and oxygen atoms in total. The number of aromatic nitrogens is 2. The molecule has 1 N–H and O–H groups in total. The Labute approximate surface area is 181 Å². The van der Waals surface area contributed by atoms with E-state index in [2.05, 4.69) is 9.97 Å². The molecule has 0 bridgehead atoms. The van der Waals surface area contributed by atoms with Crippen molar-refractivity contribution in [3.8, 4) is 11.1 Å². The van der Waals surface area contributed by atoms with Gasteiger partial charge in [-0.1, -0.05) is 42.5 Å². The van der Waals surface area contributed by atoms with E-state index in [-0.39, 0.29) is 18.0 Å². The number of H-pyrrole nitrogens is 1. The molecule has 0 saturated heterocycles. The minimum Gasteiger partial charge on any atom is -0.334 e. The Bertz CT molecular complexity index is 1350. The Morgan fingerprint density at radius 1 is 0.969 bits per heavy atom. The number of rotatable bonds is 4. The van der Waals surface area contributed by atoms with E-state index in [0.29, 0.717) is 33.4 Å². The van der Waals surface area contributed by atoms with Crippen molar-refractivity contribution in [2.24, 2.45) is 0 Å². The first-order valence-electron chi connectivity index (χ1n) is 9.74. The lowest BCUT2D eigenvalue weighted by atomic mass is 9.98. The van der Waals surface area contributed by atoms with Crippen LogP contribution < -0.4 is 5.56 Å². The average molecular weight is 437 g/mol. The number of carbonyl (C=O) groups excluding carboxylic acids is 1. The Morgan fingerprint density at radius 2 is 1.62 bits per heavy atom. The van der Waals surface area contributed by atoms with Gasteiger partial charge in [0.1, 0.15) is 5.82 Å². The number of benzene rings is 3. The predicted molar refractivity (Wildman–Crippen MR) is 115 cm³/mol. The molecule has 162 valence electrons. The quantitative estimate of drug-likeness (QED) is 0.495. The molecule has 0 atom stereocenters. The highest BCUT2D eigenvalue weighted by Crippen LogP contribution is 2.32. The summed E-state index contributed by atoms with van der Waals surface area (Å²) in [6.45, 7) is 0.0558. The third kappa shape index (κ3) is 4.25. The zero-order valence-corrected chi connectivity index (χ0v) is 17.0. The number of nitrogens with zero attached hydrogens (tertiary/aromatic N) is 2. The molecule has 3 aromatic carbocycles. The maximum atomic E-state index is 13.1. The molecule has 1 amide bonds. The van der Waals surface area contributed by atoms with Crippen molar-refractivity contribution in [1.29, 1.82) is 0 Å². The smallest absolute Gasteiger partial charge is 0.334 e. The van der Waals surface area contributed by atoms with Crippen LogP contribution in [0.4, 0.5) is 13.2 Å². The molecule has 0 fully saturated rings. The summed E-state index contributed by atoms with van der Waals surface area (Å²) < 4.78 is 38.6. The maximum Gasteiger partial charge on any atom is 0.416 e. The molecule has 4 rings (SSSR count). The number of aromatic amines is 1. The number of para-hydroxylation sites is 1. The summed E-state index contributed by atoms with van der Waals surface area (Å²) in [4.78, 5) is 33.9. The van der Waals surface area contributed by atoms with Crippen LogP contribution in [-0.2, 0) is 12.7 Å². The minimum atomic E-state index is -4.43. The second-order valence-corrected chi connectivity index (χ2v) is 7.31. The van der Waals surface area contributed by atoms with E-state index in [1.807, 2.05) is 0 Å². The third-order valence-corrected chi connectivity index (χ3v) is 5.08. The Morgan fingerprint density at radius 3 is 2.34 bits per heavy atom. The molecule has 8 heteroatoms. The van der Waals surface area contributed by atoms with Crippen LogP contribution in [0.2, 0.25) is 0 Å². The van der Waals surface area contributed by atoms with Crippen LogP contribution in [0.25, 0.3) is 22.0 Å². The fraction of sp³-hybridized carbons (Fsp3) is 0.125. The van der Waals surface area contributed by atoms with Crippen molar-refractivity contribution < 1.29 is 18.0 Å². The number of fused-ring (bicyclic) bond motifs is 1. The van der Waals surface area contributed by atoms with Gasteiger partial charge < -0.3 is 9.88 Å². The minimum absolute atomic E-state index is 0.0558. The van der Waals surface area contributed by atoms with Crippen molar-refractivity contribution in [1.82, 2.24) is 14.9 Å². The monoisotopic (exact) mass is 437 g/mol. The number of hydrogen-bond donors (Lipinski definition) is 1. The number of alkyl halides is 3. The highest BCUT2D eigenvalue weighted by atomic mass is 19.4. The molecule has 0 aliphatic rings.